The van der Waals surface area contributed by atoms with E-state index in [-0.39, 0.29) is 17.9 Å². The van der Waals surface area contributed by atoms with Gasteiger partial charge < -0.3 is 15.5 Å². The molecule has 18 heavy (non-hydrogen) atoms. The number of amides is 2. The number of carbonyl (C=O) groups is 2. The van der Waals surface area contributed by atoms with Gasteiger partial charge >= 0.3 is 0 Å². The fourth-order valence-corrected chi connectivity index (χ4v) is 2.05. The van der Waals surface area contributed by atoms with Crippen LogP contribution in [0.1, 0.15) is 13.3 Å². The number of piperazine rings is 1. The lowest BCUT2D eigenvalue weighted by molar-refractivity contribution is -0.135. The maximum Gasteiger partial charge on any atom is 0.239 e. The Morgan fingerprint density at radius 1 is 1.39 bits per heavy atom. The van der Waals surface area contributed by atoms with Crippen molar-refractivity contribution in [2.24, 2.45) is 0 Å². The predicted octanol–water partition coefficient (Wildman–Crippen LogP) is -1.13. The van der Waals surface area contributed by atoms with E-state index in [0.29, 0.717) is 13.0 Å². The lowest BCUT2D eigenvalue weighted by Gasteiger charge is -2.33. The van der Waals surface area contributed by atoms with Crippen LogP contribution in [0.4, 0.5) is 0 Å². The molecule has 0 radical (unpaired) electrons. The topological polar surface area (TPSA) is 64.7 Å². The molecule has 1 aliphatic rings. The zero-order valence-electron chi connectivity index (χ0n) is 11.5. The summed E-state index contributed by atoms with van der Waals surface area (Å²) in [6.45, 7) is 6.06. The van der Waals surface area contributed by atoms with Crippen LogP contribution in [-0.2, 0) is 9.59 Å². The average Bonchev–Trinajstić information content (AvgIpc) is 2.43. The Hall–Kier alpha value is -1.14. The van der Waals surface area contributed by atoms with Crippen molar-refractivity contribution in [2.75, 3.05) is 46.8 Å². The molecule has 1 heterocycles. The molecule has 1 unspecified atom stereocenters. The monoisotopic (exact) mass is 256 g/mol. The number of hydrogen-bond acceptors (Lipinski definition) is 4. The summed E-state index contributed by atoms with van der Waals surface area (Å²) >= 11 is 0. The lowest BCUT2D eigenvalue weighted by Crippen LogP contribution is -2.53. The third-order valence-corrected chi connectivity index (χ3v) is 3.39. The molecule has 2 amide bonds. The number of hydrogen-bond donors (Lipinski definition) is 2. The van der Waals surface area contributed by atoms with Crippen LogP contribution in [0.5, 0.6) is 0 Å². The minimum atomic E-state index is -0.109. The van der Waals surface area contributed by atoms with Crippen LogP contribution in [0.2, 0.25) is 0 Å². The van der Waals surface area contributed by atoms with Crippen molar-refractivity contribution in [1.29, 1.82) is 0 Å². The van der Waals surface area contributed by atoms with Crippen molar-refractivity contribution in [3.8, 4) is 0 Å². The number of carbonyl (C=O) groups excluding carboxylic acids is 2. The molecule has 0 spiro atoms. The van der Waals surface area contributed by atoms with Gasteiger partial charge in [0.1, 0.15) is 0 Å². The maximum absolute atomic E-state index is 12.2. The summed E-state index contributed by atoms with van der Waals surface area (Å²) in [5.41, 5.74) is 0. The Balaban J connectivity index is 2.39. The quantitative estimate of drug-likeness (QED) is 0.654. The second kappa shape index (κ2) is 7.33. The third-order valence-electron chi connectivity index (χ3n) is 3.39. The third kappa shape index (κ3) is 4.27. The van der Waals surface area contributed by atoms with E-state index in [1.54, 1.807) is 19.0 Å². The Morgan fingerprint density at radius 2 is 2.00 bits per heavy atom. The SMILES string of the molecule is CNC(=O)CCN(C)C(=O)C(C)N1CCNCC1. The Kier molecular flexibility index (Phi) is 6.07. The minimum absolute atomic E-state index is 0.0375. The first-order valence-corrected chi connectivity index (χ1v) is 6.46. The van der Waals surface area contributed by atoms with Gasteiger partial charge in [0, 0.05) is 53.2 Å². The van der Waals surface area contributed by atoms with Gasteiger partial charge in [-0.05, 0) is 6.92 Å². The van der Waals surface area contributed by atoms with Crippen LogP contribution in [0, 0.1) is 0 Å². The minimum Gasteiger partial charge on any atom is -0.359 e. The summed E-state index contributed by atoms with van der Waals surface area (Å²) in [6.07, 6.45) is 0.354. The molecule has 6 heteroatoms. The van der Waals surface area contributed by atoms with Crippen LogP contribution >= 0.6 is 0 Å². The summed E-state index contributed by atoms with van der Waals surface area (Å²) in [5, 5.41) is 5.82. The van der Waals surface area contributed by atoms with Gasteiger partial charge in [0.15, 0.2) is 0 Å². The van der Waals surface area contributed by atoms with E-state index in [0.717, 1.165) is 26.2 Å². The van der Waals surface area contributed by atoms with E-state index in [9.17, 15) is 9.59 Å². The standard InChI is InChI=1S/C12H24N4O2/c1-10(16-8-5-14-6-9-16)12(18)15(3)7-4-11(17)13-2/h10,14H,4-9H2,1-3H3,(H,13,17). The highest BCUT2D eigenvalue weighted by atomic mass is 16.2. The number of nitrogens with one attached hydrogen (secondary N) is 2. The zero-order chi connectivity index (χ0) is 13.5. The Morgan fingerprint density at radius 3 is 2.56 bits per heavy atom. The molecular formula is C12H24N4O2. The first-order chi connectivity index (χ1) is 8.56. The first kappa shape index (κ1) is 14.9. The van der Waals surface area contributed by atoms with Gasteiger partial charge in [0.2, 0.25) is 11.8 Å². The zero-order valence-corrected chi connectivity index (χ0v) is 11.5. The fourth-order valence-electron chi connectivity index (χ4n) is 2.05. The summed E-state index contributed by atoms with van der Waals surface area (Å²) in [4.78, 5) is 27.1. The molecule has 1 rings (SSSR count). The first-order valence-electron chi connectivity index (χ1n) is 6.46. The molecule has 0 aromatic carbocycles. The second-order valence-electron chi connectivity index (χ2n) is 4.64. The average molecular weight is 256 g/mol. The van der Waals surface area contributed by atoms with Crippen molar-refractivity contribution >= 4 is 11.8 Å². The molecule has 0 aromatic heterocycles. The molecule has 0 saturated carbocycles. The van der Waals surface area contributed by atoms with Gasteiger partial charge in [-0.2, -0.15) is 0 Å². The number of likely N-dealkylation sites (N-methyl/N-ethyl adjacent to an activating group) is 1. The molecule has 104 valence electrons. The van der Waals surface area contributed by atoms with Crippen molar-refractivity contribution in [3.63, 3.8) is 0 Å². The summed E-state index contributed by atoms with van der Waals surface area (Å²) in [6, 6.07) is -0.109. The Bertz CT molecular complexity index is 290. The number of nitrogens with zero attached hydrogens (tertiary/aromatic N) is 2. The van der Waals surface area contributed by atoms with E-state index in [4.69, 9.17) is 0 Å². The largest absolute Gasteiger partial charge is 0.359 e. The smallest absolute Gasteiger partial charge is 0.239 e. The molecule has 1 atom stereocenters. The molecule has 0 aliphatic carbocycles. The van der Waals surface area contributed by atoms with Crippen molar-refractivity contribution in [2.45, 2.75) is 19.4 Å². The van der Waals surface area contributed by atoms with E-state index >= 15 is 0 Å². The van der Waals surface area contributed by atoms with Crippen LogP contribution in [0.15, 0.2) is 0 Å². The summed E-state index contributed by atoms with van der Waals surface area (Å²) in [5.74, 6) is 0.0466. The van der Waals surface area contributed by atoms with Gasteiger partial charge in [-0.3, -0.25) is 14.5 Å². The van der Waals surface area contributed by atoms with Crippen LogP contribution in [-0.4, -0.2) is 74.5 Å². The van der Waals surface area contributed by atoms with Gasteiger partial charge in [-0.1, -0.05) is 0 Å². The normalized spacial score (nSPS) is 18.2. The van der Waals surface area contributed by atoms with Crippen LogP contribution < -0.4 is 10.6 Å². The molecule has 1 saturated heterocycles. The van der Waals surface area contributed by atoms with E-state index < -0.39 is 0 Å². The van der Waals surface area contributed by atoms with Crippen molar-refractivity contribution < 1.29 is 9.59 Å². The van der Waals surface area contributed by atoms with Crippen molar-refractivity contribution in [3.05, 3.63) is 0 Å². The molecule has 0 aromatic rings. The van der Waals surface area contributed by atoms with Crippen LogP contribution in [0.25, 0.3) is 0 Å². The molecule has 1 fully saturated rings. The van der Waals surface area contributed by atoms with Gasteiger partial charge in [-0.15, -0.1) is 0 Å². The van der Waals surface area contributed by atoms with Crippen LogP contribution in [0.3, 0.4) is 0 Å². The highest BCUT2D eigenvalue weighted by molar-refractivity contribution is 5.82. The molecule has 2 N–H and O–H groups in total. The number of rotatable bonds is 5. The van der Waals surface area contributed by atoms with Gasteiger partial charge in [0.25, 0.3) is 0 Å². The molecule has 1 aliphatic heterocycles. The predicted molar refractivity (Wildman–Crippen MR) is 70.2 cm³/mol. The lowest BCUT2D eigenvalue weighted by atomic mass is 10.2. The molecular weight excluding hydrogens is 232 g/mol. The molecule has 6 nitrogen and oxygen atoms in total. The van der Waals surface area contributed by atoms with Gasteiger partial charge in [-0.25, -0.2) is 0 Å². The fraction of sp³-hybridized carbons (Fsp3) is 0.833. The highest BCUT2D eigenvalue weighted by Gasteiger charge is 2.25. The maximum atomic E-state index is 12.2. The summed E-state index contributed by atoms with van der Waals surface area (Å²) in [7, 11) is 3.36. The summed E-state index contributed by atoms with van der Waals surface area (Å²) < 4.78 is 0. The second-order valence-corrected chi connectivity index (χ2v) is 4.64. The van der Waals surface area contributed by atoms with E-state index in [1.165, 1.54) is 0 Å². The van der Waals surface area contributed by atoms with E-state index in [1.807, 2.05) is 6.92 Å². The van der Waals surface area contributed by atoms with E-state index in [2.05, 4.69) is 15.5 Å². The highest BCUT2D eigenvalue weighted by Crippen LogP contribution is 2.04. The molecule has 0 bridgehead atoms. The van der Waals surface area contributed by atoms with Gasteiger partial charge in [0.05, 0.1) is 6.04 Å². The Labute approximate surface area is 109 Å². The van der Waals surface area contributed by atoms with Crippen molar-refractivity contribution in [1.82, 2.24) is 20.4 Å².